The third-order valence-electron chi connectivity index (χ3n) is 4.99. The molecular formula is C20H24N4OS. The summed E-state index contributed by atoms with van der Waals surface area (Å²) in [6.45, 7) is 6.62. The van der Waals surface area contributed by atoms with Crippen LogP contribution in [-0.4, -0.2) is 31.8 Å². The van der Waals surface area contributed by atoms with E-state index >= 15 is 0 Å². The quantitative estimate of drug-likeness (QED) is 0.577. The van der Waals surface area contributed by atoms with Crippen LogP contribution in [0.15, 0.2) is 47.1 Å². The second-order valence-electron chi connectivity index (χ2n) is 6.85. The molecule has 0 aliphatic heterocycles. The van der Waals surface area contributed by atoms with E-state index in [1.54, 1.807) is 6.26 Å². The molecule has 1 aromatic carbocycles. The van der Waals surface area contributed by atoms with Crippen LogP contribution in [0.2, 0.25) is 0 Å². The first-order chi connectivity index (χ1) is 12.7. The van der Waals surface area contributed by atoms with Crippen molar-refractivity contribution < 1.29 is 4.42 Å². The number of rotatable bonds is 7. The highest BCUT2D eigenvalue weighted by Crippen LogP contribution is 2.28. The number of furan rings is 1. The minimum Gasteiger partial charge on any atom is -0.469 e. The summed E-state index contributed by atoms with van der Waals surface area (Å²) in [6, 6.07) is 13.0. The second-order valence-corrected chi connectivity index (χ2v) is 7.21. The molecule has 6 heteroatoms. The standard InChI is InChI=1S/C20H24N4OS/c1-3-22(17-9-10-17)14-24-20(26)23(13-16-7-5-4-6-8-16)19(21-24)18-11-12-25-15(18)2/h4-8,11-12,17H,3,9-10,13-14H2,1-2H3. The Labute approximate surface area is 158 Å². The molecule has 0 atom stereocenters. The second kappa shape index (κ2) is 7.21. The fourth-order valence-electron chi connectivity index (χ4n) is 3.34. The smallest absolute Gasteiger partial charge is 0.199 e. The summed E-state index contributed by atoms with van der Waals surface area (Å²) in [4.78, 5) is 2.45. The van der Waals surface area contributed by atoms with Crippen LogP contribution in [-0.2, 0) is 13.2 Å². The minimum atomic E-state index is 0.681. The van der Waals surface area contributed by atoms with Gasteiger partial charge in [-0.1, -0.05) is 37.3 Å². The average molecular weight is 369 g/mol. The van der Waals surface area contributed by atoms with Gasteiger partial charge in [0.25, 0.3) is 0 Å². The van der Waals surface area contributed by atoms with Crippen molar-refractivity contribution >= 4 is 12.2 Å². The Hall–Kier alpha value is -2.18. The molecule has 0 saturated heterocycles. The van der Waals surface area contributed by atoms with Crippen LogP contribution in [0.4, 0.5) is 0 Å². The Bertz CT molecular complexity index is 936. The number of hydrogen-bond acceptors (Lipinski definition) is 4. The van der Waals surface area contributed by atoms with Crippen molar-refractivity contribution in [2.75, 3.05) is 6.54 Å². The summed E-state index contributed by atoms with van der Waals surface area (Å²) in [5.74, 6) is 1.73. The van der Waals surface area contributed by atoms with Crippen molar-refractivity contribution in [1.82, 2.24) is 19.2 Å². The molecule has 1 aliphatic rings. The lowest BCUT2D eigenvalue weighted by Crippen LogP contribution is -2.29. The summed E-state index contributed by atoms with van der Waals surface area (Å²) in [7, 11) is 0. The maximum Gasteiger partial charge on any atom is 0.199 e. The van der Waals surface area contributed by atoms with Crippen LogP contribution in [0, 0.1) is 11.7 Å². The molecule has 136 valence electrons. The number of aromatic nitrogens is 3. The highest BCUT2D eigenvalue weighted by Gasteiger charge is 2.28. The van der Waals surface area contributed by atoms with Crippen LogP contribution >= 0.6 is 12.2 Å². The molecule has 1 fully saturated rings. The molecule has 3 aromatic rings. The molecule has 2 aromatic heterocycles. The first-order valence-electron chi connectivity index (χ1n) is 9.17. The summed E-state index contributed by atoms with van der Waals surface area (Å²) in [6.07, 6.45) is 4.27. The molecule has 0 bridgehead atoms. The van der Waals surface area contributed by atoms with Crippen LogP contribution in [0.5, 0.6) is 0 Å². The normalized spacial score (nSPS) is 14.3. The van der Waals surface area contributed by atoms with Gasteiger partial charge in [0.05, 0.1) is 25.0 Å². The van der Waals surface area contributed by atoms with Gasteiger partial charge in [-0.25, -0.2) is 4.68 Å². The van der Waals surface area contributed by atoms with E-state index in [2.05, 4.69) is 40.7 Å². The van der Waals surface area contributed by atoms with Crippen molar-refractivity contribution in [2.45, 2.75) is 45.9 Å². The van der Waals surface area contributed by atoms with Crippen LogP contribution in [0.3, 0.4) is 0 Å². The van der Waals surface area contributed by atoms with Gasteiger partial charge in [0, 0.05) is 6.04 Å². The fourth-order valence-corrected chi connectivity index (χ4v) is 3.59. The van der Waals surface area contributed by atoms with Crippen molar-refractivity contribution in [3.05, 3.63) is 58.8 Å². The molecule has 0 unspecified atom stereocenters. The average Bonchev–Trinajstić information content (AvgIpc) is 3.35. The van der Waals surface area contributed by atoms with Gasteiger partial charge >= 0.3 is 0 Å². The molecule has 2 heterocycles. The third-order valence-corrected chi connectivity index (χ3v) is 5.42. The van der Waals surface area contributed by atoms with Crippen LogP contribution < -0.4 is 0 Å². The van der Waals surface area contributed by atoms with Crippen molar-refractivity contribution in [2.24, 2.45) is 0 Å². The van der Waals surface area contributed by atoms with Gasteiger partial charge in [0.1, 0.15) is 5.76 Å². The molecule has 5 nitrogen and oxygen atoms in total. The zero-order valence-corrected chi connectivity index (χ0v) is 16.1. The molecule has 0 N–H and O–H groups in total. The Morgan fingerprint density at radius 1 is 1.23 bits per heavy atom. The molecule has 0 amide bonds. The Balaban J connectivity index is 1.74. The largest absolute Gasteiger partial charge is 0.469 e. The van der Waals surface area contributed by atoms with Gasteiger partial charge in [-0.05, 0) is 50.2 Å². The Morgan fingerprint density at radius 3 is 2.62 bits per heavy atom. The number of hydrogen-bond donors (Lipinski definition) is 0. The predicted molar refractivity (Wildman–Crippen MR) is 104 cm³/mol. The highest BCUT2D eigenvalue weighted by atomic mass is 32.1. The van der Waals surface area contributed by atoms with Gasteiger partial charge < -0.3 is 4.42 Å². The maximum absolute atomic E-state index is 5.81. The first-order valence-corrected chi connectivity index (χ1v) is 9.58. The summed E-state index contributed by atoms with van der Waals surface area (Å²) >= 11 is 5.81. The molecule has 4 rings (SSSR count). The monoisotopic (exact) mass is 368 g/mol. The lowest BCUT2D eigenvalue weighted by Gasteiger charge is -2.19. The van der Waals surface area contributed by atoms with E-state index in [4.69, 9.17) is 21.7 Å². The van der Waals surface area contributed by atoms with Crippen LogP contribution in [0.1, 0.15) is 31.1 Å². The summed E-state index contributed by atoms with van der Waals surface area (Å²) in [5.41, 5.74) is 2.21. The molecule has 0 radical (unpaired) electrons. The van der Waals surface area contributed by atoms with E-state index in [1.807, 2.05) is 23.7 Å². The summed E-state index contributed by atoms with van der Waals surface area (Å²) < 4.78 is 10.3. The lowest BCUT2D eigenvalue weighted by atomic mass is 10.2. The van der Waals surface area contributed by atoms with Gasteiger partial charge in [-0.2, -0.15) is 5.10 Å². The van der Waals surface area contributed by atoms with E-state index in [0.29, 0.717) is 12.6 Å². The van der Waals surface area contributed by atoms with E-state index in [1.165, 1.54) is 18.4 Å². The van der Waals surface area contributed by atoms with Gasteiger partial charge in [0.15, 0.2) is 10.6 Å². The molecule has 1 saturated carbocycles. The first kappa shape index (κ1) is 17.2. The van der Waals surface area contributed by atoms with E-state index in [0.717, 1.165) is 35.1 Å². The SMILES string of the molecule is CCN(Cn1nc(-c2ccoc2C)n(Cc2ccccc2)c1=S)C1CC1. The van der Waals surface area contributed by atoms with Crippen LogP contribution in [0.25, 0.3) is 11.4 Å². The number of aryl methyl sites for hydroxylation is 1. The minimum absolute atomic E-state index is 0.681. The highest BCUT2D eigenvalue weighted by molar-refractivity contribution is 7.71. The maximum atomic E-state index is 5.81. The topological polar surface area (TPSA) is 39.1 Å². The molecule has 1 aliphatic carbocycles. The Kier molecular flexibility index (Phi) is 4.78. The fraction of sp³-hybridized carbons (Fsp3) is 0.400. The number of benzene rings is 1. The van der Waals surface area contributed by atoms with Gasteiger partial charge in [-0.3, -0.25) is 9.47 Å². The van der Waals surface area contributed by atoms with Crippen molar-refractivity contribution in [3.8, 4) is 11.4 Å². The molecule has 0 spiro atoms. The third kappa shape index (κ3) is 3.39. The van der Waals surface area contributed by atoms with Gasteiger partial charge in [-0.15, -0.1) is 0 Å². The Morgan fingerprint density at radius 2 is 2.00 bits per heavy atom. The van der Waals surface area contributed by atoms with Crippen molar-refractivity contribution in [3.63, 3.8) is 0 Å². The van der Waals surface area contributed by atoms with Crippen molar-refractivity contribution in [1.29, 1.82) is 0 Å². The van der Waals surface area contributed by atoms with Gasteiger partial charge in [0.2, 0.25) is 0 Å². The summed E-state index contributed by atoms with van der Waals surface area (Å²) in [5, 5.41) is 4.88. The lowest BCUT2D eigenvalue weighted by molar-refractivity contribution is 0.206. The zero-order valence-electron chi connectivity index (χ0n) is 15.3. The zero-order chi connectivity index (χ0) is 18.1. The number of nitrogens with zero attached hydrogens (tertiary/aromatic N) is 4. The van der Waals surface area contributed by atoms with E-state index in [9.17, 15) is 0 Å². The van der Waals surface area contributed by atoms with E-state index < -0.39 is 0 Å². The molecule has 26 heavy (non-hydrogen) atoms. The molecular weight excluding hydrogens is 344 g/mol. The van der Waals surface area contributed by atoms with E-state index in [-0.39, 0.29) is 0 Å². The predicted octanol–water partition coefficient (Wildman–Crippen LogP) is 4.47.